The van der Waals surface area contributed by atoms with Crippen LogP contribution in [0.5, 0.6) is 0 Å². The quantitative estimate of drug-likeness (QED) is 0.460. The van der Waals surface area contributed by atoms with Gasteiger partial charge in [-0.05, 0) is 24.6 Å². The molecule has 2 rings (SSSR count). The summed E-state index contributed by atoms with van der Waals surface area (Å²) in [5, 5.41) is 11.6. The molecule has 0 aliphatic carbocycles. The Balaban J connectivity index is 2.40. The Labute approximate surface area is 117 Å². The van der Waals surface area contributed by atoms with Crippen molar-refractivity contribution in [2.45, 2.75) is 6.42 Å². The van der Waals surface area contributed by atoms with Crippen molar-refractivity contribution < 1.29 is 9.66 Å². The van der Waals surface area contributed by atoms with Crippen LogP contribution in [0.1, 0.15) is 6.42 Å². The SMILES string of the molecule is COCCCN(C)c1ccc([N+](=O)[O-])c2cccnc12. The summed E-state index contributed by atoms with van der Waals surface area (Å²) in [4.78, 5) is 17.0. The monoisotopic (exact) mass is 275 g/mol. The van der Waals surface area contributed by atoms with Crippen LogP contribution in [0.3, 0.4) is 0 Å². The molecule has 0 atom stereocenters. The highest BCUT2D eigenvalue weighted by Gasteiger charge is 2.16. The van der Waals surface area contributed by atoms with Gasteiger partial charge < -0.3 is 9.64 Å². The molecule has 0 saturated heterocycles. The molecule has 0 aliphatic rings. The van der Waals surface area contributed by atoms with Gasteiger partial charge in [0.2, 0.25) is 0 Å². The van der Waals surface area contributed by atoms with Crippen LogP contribution in [-0.2, 0) is 4.74 Å². The summed E-state index contributed by atoms with van der Waals surface area (Å²) in [6.07, 6.45) is 2.54. The van der Waals surface area contributed by atoms with E-state index in [4.69, 9.17) is 4.74 Å². The minimum atomic E-state index is -0.376. The summed E-state index contributed by atoms with van der Waals surface area (Å²) in [5.41, 5.74) is 1.63. The molecule has 0 bridgehead atoms. The van der Waals surface area contributed by atoms with Gasteiger partial charge in [-0.15, -0.1) is 0 Å². The molecule has 0 fully saturated rings. The van der Waals surface area contributed by atoms with E-state index in [1.54, 1.807) is 31.5 Å². The summed E-state index contributed by atoms with van der Waals surface area (Å²) in [6, 6.07) is 6.73. The highest BCUT2D eigenvalue weighted by molar-refractivity contribution is 5.96. The van der Waals surface area contributed by atoms with Crippen LogP contribution >= 0.6 is 0 Å². The summed E-state index contributed by atoms with van der Waals surface area (Å²) in [6.45, 7) is 1.49. The maximum Gasteiger partial charge on any atom is 0.278 e. The minimum absolute atomic E-state index is 0.0853. The van der Waals surface area contributed by atoms with E-state index in [9.17, 15) is 10.1 Å². The number of nitrogens with zero attached hydrogens (tertiary/aromatic N) is 3. The van der Waals surface area contributed by atoms with Gasteiger partial charge in [-0.25, -0.2) is 0 Å². The smallest absolute Gasteiger partial charge is 0.278 e. The first-order chi connectivity index (χ1) is 9.65. The second-order valence-corrected chi connectivity index (χ2v) is 4.53. The number of pyridine rings is 1. The molecule has 0 spiro atoms. The Kier molecular flexibility index (Phi) is 4.47. The maximum atomic E-state index is 11.1. The second-order valence-electron chi connectivity index (χ2n) is 4.53. The van der Waals surface area contributed by atoms with Crippen LogP contribution in [0.25, 0.3) is 10.9 Å². The van der Waals surface area contributed by atoms with E-state index in [2.05, 4.69) is 4.98 Å². The fraction of sp³-hybridized carbons (Fsp3) is 0.357. The summed E-state index contributed by atoms with van der Waals surface area (Å²) in [5.74, 6) is 0. The Morgan fingerprint density at radius 1 is 1.40 bits per heavy atom. The Bertz CT molecular complexity index is 616. The zero-order valence-electron chi connectivity index (χ0n) is 11.6. The predicted octanol–water partition coefficient (Wildman–Crippen LogP) is 2.62. The van der Waals surface area contributed by atoms with Crippen molar-refractivity contribution in [3.05, 3.63) is 40.6 Å². The van der Waals surface area contributed by atoms with Crippen molar-refractivity contribution in [1.82, 2.24) is 4.98 Å². The number of hydrogen-bond acceptors (Lipinski definition) is 5. The fourth-order valence-corrected chi connectivity index (χ4v) is 2.18. The van der Waals surface area contributed by atoms with Crippen LogP contribution in [0, 0.1) is 10.1 Å². The van der Waals surface area contributed by atoms with E-state index < -0.39 is 0 Å². The highest BCUT2D eigenvalue weighted by Crippen LogP contribution is 2.31. The largest absolute Gasteiger partial charge is 0.385 e. The molecule has 0 saturated carbocycles. The van der Waals surface area contributed by atoms with Crippen LogP contribution in [-0.4, -0.2) is 37.2 Å². The molecule has 0 unspecified atom stereocenters. The lowest BCUT2D eigenvalue weighted by Crippen LogP contribution is -2.20. The first kappa shape index (κ1) is 14.2. The molecule has 2 aromatic rings. The van der Waals surface area contributed by atoms with Gasteiger partial charge in [-0.1, -0.05) is 0 Å². The molecule has 1 heterocycles. The second kappa shape index (κ2) is 6.29. The number of hydrogen-bond donors (Lipinski definition) is 0. The number of fused-ring (bicyclic) bond motifs is 1. The number of nitro benzene ring substituents is 1. The van der Waals surface area contributed by atoms with Crippen molar-refractivity contribution in [2.75, 3.05) is 32.2 Å². The van der Waals surface area contributed by atoms with Crippen LogP contribution in [0.4, 0.5) is 11.4 Å². The molecular formula is C14H17N3O3. The van der Waals surface area contributed by atoms with Crippen molar-refractivity contribution in [2.24, 2.45) is 0 Å². The van der Waals surface area contributed by atoms with Crippen LogP contribution < -0.4 is 4.90 Å². The Hall–Kier alpha value is -2.21. The van der Waals surface area contributed by atoms with Gasteiger partial charge in [-0.2, -0.15) is 0 Å². The molecular weight excluding hydrogens is 258 g/mol. The molecule has 0 N–H and O–H groups in total. The van der Waals surface area contributed by atoms with Gasteiger partial charge in [0.15, 0.2) is 0 Å². The fourth-order valence-electron chi connectivity index (χ4n) is 2.18. The van der Waals surface area contributed by atoms with E-state index in [1.807, 2.05) is 11.9 Å². The predicted molar refractivity (Wildman–Crippen MR) is 78.2 cm³/mol. The van der Waals surface area contributed by atoms with Gasteiger partial charge in [0.1, 0.15) is 5.52 Å². The Morgan fingerprint density at radius 3 is 2.90 bits per heavy atom. The van der Waals surface area contributed by atoms with Crippen molar-refractivity contribution in [1.29, 1.82) is 0 Å². The third-order valence-corrected chi connectivity index (χ3v) is 3.18. The number of ether oxygens (including phenoxy) is 1. The third kappa shape index (κ3) is 2.85. The van der Waals surface area contributed by atoms with Crippen molar-refractivity contribution >= 4 is 22.3 Å². The zero-order chi connectivity index (χ0) is 14.5. The van der Waals surface area contributed by atoms with Gasteiger partial charge in [-0.3, -0.25) is 15.1 Å². The lowest BCUT2D eigenvalue weighted by Gasteiger charge is -2.20. The number of benzene rings is 1. The third-order valence-electron chi connectivity index (χ3n) is 3.18. The van der Waals surface area contributed by atoms with E-state index in [-0.39, 0.29) is 10.6 Å². The van der Waals surface area contributed by atoms with Crippen molar-refractivity contribution in [3.63, 3.8) is 0 Å². The number of aromatic nitrogens is 1. The zero-order valence-corrected chi connectivity index (χ0v) is 11.6. The average molecular weight is 275 g/mol. The molecule has 6 heteroatoms. The number of anilines is 1. The highest BCUT2D eigenvalue weighted by atomic mass is 16.6. The number of methoxy groups -OCH3 is 1. The lowest BCUT2D eigenvalue weighted by atomic mass is 10.1. The van der Waals surface area contributed by atoms with Crippen LogP contribution in [0.15, 0.2) is 30.5 Å². The van der Waals surface area contributed by atoms with E-state index >= 15 is 0 Å². The first-order valence-corrected chi connectivity index (χ1v) is 6.37. The Morgan fingerprint density at radius 2 is 2.20 bits per heavy atom. The lowest BCUT2D eigenvalue weighted by molar-refractivity contribution is -0.383. The van der Waals surface area contributed by atoms with Gasteiger partial charge >= 0.3 is 0 Å². The molecule has 106 valence electrons. The summed E-state index contributed by atoms with van der Waals surface area (Å²) < 4.78 is 5.03. The van der Waals surface area contributed by atoms with Gasteiger partial charge in [0.25, 0.3) is 5.69 Å². The maximum absolute atomic E-state index is 11.1. The van der Waals surface area contributed by atoms with Gasteiger partial charge in [0.05, 0.1) is 16.0 Å². The molecule has 20 heavy (non-hydrogen) atoms. The normalized spacial score (nSPS) is 10.7. The molecule has 1 aromatic carbocycles. The average Bonchev–Trinajstić information content (AvgIpc) is 2.46. The van der Waals surface area contributed by atoms with Gasteiger partial charge in [0, 0.05) is 39.6 Å². The molecule has 0 amide bonds. The summed E-state index contributed by atoms with van der Waals surface area (Å²) >= 11 is 0. The van der Waals surface area contributed by atoms with E-state index in [0.717, 1.165) is 18.7 Å². The first-order valence-electron chi connectivity index (χ1n) is 6.37. The minimum Gasteiger partial charge on any atom is -0.385 e. The number of nitro groups is 1. The van der Waals surface area contributed by atoms with Crippen molar-refractivity contribution in [3.8, 4) is 0 Å². The summed E-state index contributed by atoms with van der Waals surface area (Å²) in [7, 11) is 3.62. The van der Waals surface area contributed by atoms with E-state index in [0.29, 0.717) is 17.5 Å². The number of rotatable bonds is 6. The standard InChI is InChI=1S/C14H17N3O3/c1-16(9-4-10-20-2)13-7-6-12(17(18)19)11-5-3-8-15-14(11)13/h3,5-8H,4,9-10H2,1-2H3. The molecule has 0 radical (unpaired) electrons. The molecule has 6 nitrogen and oxygen atoms in total. The topological polar surface area (TPSA) is 68.5 Å². The number of non-ortho nitro benzene ring substituents is 1. The molecule has 1 aromatic heterocycles. The van der Waals surface area contributed by atoms with Crippen LogP contribution in [0.2, 0.25) is 0 Å². The van der Waals surface area contributed by atoms with E-state index in [1.165, 1.54) is 6.07 Å². The molecule has 0 aliphatic heterocycles.